The zero-order valence-corrected chi connectivity index (χ0v) is 15.8. The Bertz CT molecular complexity index is 974. The predicted molar refractivity (Wildman–Crippen MR) is 107 cm³/mol. The van der Waals surface area contributed by atoms with E-state index in [9.17, 15) is 9.59 Å². The molecule has 1 aliphatic heterocycles. The molecule has 2 aromatic carbocycles. The van der Waals surface area contributed by atoms with Gasteiger partial charge in [0.15, 0.2) is 0 Å². The molecule has 0 N–H and O–H groups in total. The van der Waals surface area contributed by atoms with E-state index in [1.165, 1.54) is 0 Å². The van der Waals surface area contributed by atoms with Crippen molar-refractivity contribution < 1.29 is 9.59 Å². The smallest absolute Gasteiger partial charge is 0.257 e. The quantitative estimate of drug-likeness (QED) is 0.708. The van der Waals surface area contributed by atoms with E-state index in [1.54, 1.807) is 20.7 Å². The molecule has 0 unspecified atom stereocenters. The number of rotatable bonds is 3. The minimum atomic E-state index is -0.0357. The molecule has 1 saturated heterocycles. The van der Waals surface area contributed by atoms with E-state index < -0.39 is 0 Å². The Morgan fingerprint density at radius 3 is 1.93 bits per heavy atom. The third kappa shape index (κ3) is 3.41. The molecule has 0 saturated carbocycles. The third-order valence-corrected chi connectivity index (χ3v) is 5.12. The van der Waals surface area contributed by atoms with Crippen LogP contribution in [-0.2, 0) is 0 Å². The molecule has 1 aliphatic rings. The lowest BCUT2D eigenvalue weighted by Gasteiger charge is -2.34. The first-order chi connectivity index (χ1) is 13.6. The molecule has 0 atom stereocenters. The van der Waals surface area contributed by atoms with Gasteiger partial charge in [-0.1, -0.05) is 36.4 Å². The Hall–Kier alpha value is -3.41. The van der Waals surface area contributed by atoms with E-state index in [0.29, 0.717) is 37.3 Å². The van der Waals surface area contributed by atoms with Gasteiger partial charge in [0.1, 0.15) is 0 Å². The third-order valence-electron chi connectivity index (χ3n) is 5.12. The lowest BCUT2D eigenvalue weighted by atomic mass is 10.1. The normalized spacial score (nSPS) is 14.2. The van der Waals surface area contributed by atoms with Gasteiger partial charge in [-0.3, -0.25) is 9.59 Å². The summed E-state index contributed by atoms with van der Waals surface area (Å²) in [5, 5.41) is 4.39. The molecule has 6 heteroatoms. The summed E-state index contributed by atoms with van der Waals surface area (Å²) in [5.41, 5.74) is 3.03. The lowest BCUT2D eigenvalue weighted by molar-refractivity contribution is 0.0535. The Morgan fingerprint density at radius 2 is 1.32 bits per heavy atom. The molecule has 3 aromatic rings. The van der Waals surface area contributed by atoms with Crippen LogP contribution in [0.1, 0.15) is 26.4 Å². The number of para-hydroxylation sites is 1. The van der Waals surface area contributed by atoms with Crippen molar-refractivity contribution in [3.8, 4) is 5.69 Å². The highest BCUT2D eigenvalue weighted by Gasteiger charge is 2.27. The molecule has 28 heavy (non-hydrogen) atoms. The highest BCUT2D eigenvalue weighted by Crippen LogP contribution is 2.17. The van der Waals surface area contributed by atoms with Gasteiger partial charge < -0.3 is 9.80 Å². The summed E-state index contributed by atoms with van der Waals surface area (Å²) in [4.78, 5) is 29.2. The van der Waals surface area contributed by atoms with Crippen LogP contribution in [0.2, 0.25) is 0 Å². The second-order valence-electron chi connectivity index (χ2n) is 6.84. The van der Waals surface area contributed by atoms with Crippen LogP contribution in [0.4, 0.5) is 0 Å². The Kier molecular flexibility index (Phi) is 4.93. The molecule has 0 spiro atoms. The van der Waals surface area contributed by atoms with Crippen molar-refractivity contribution in [2.75, 3.05) is 26.2 Å². The molecule has 0 radical (unpaired) electrons. The van der Waals surface area contributed by atoms with Crippen molar-refractivity contribution in [2.24, 2.45) is 0 Å². The number of aromatic nitrogens is 2. The van der Waals surface area contributed by atoms with Gasteiger partial charge in [-0.2, -0.15) is 5.10 Å². The Balaban J connectivity index is 1.44. The molecule has 6 nitrogen and oxygen atoms in total. The van der Waals surface area contributed by atoms with Gasteiger partial charge in [0.2, 0.25) is 0 Å². The van der Waals surface area contributed by atoms with Crippen LogP contribution >= 0.6 is 0 Å². The number of carbonyl (C=O) groups excluding carboxylic acids is 2. The van der Waals surface area contributed by atoms with Crippen molar-refractivity contribution >= 4 is 11.8 Å². The fourth-order valence-corrected chi connectivity index (χ4v) is 3.50. The second kappa shape index (κ2) is 7.68. The molecule has 2 heterocycles. The van der Waals surface area contributed by atoms with Crippen LogP contribution in [0.25, 0.3) is 5.69 Å². The topological polar surface area (TPSA) is 58.4 Å². The van der Waals surface area contributed by atoms with Crippen molar-refractivity contribution in [3.63, 3.8) is 0 Å². The highest BCUT2D eigenvalue weighted by atomic mass is 16.2. The first kappa shape index (κ1) is 18.0. The average Bonchev–Trinajstić information content (AvgIpc) is 3.15. The zero-order valence-electron chi connectivity index (χ0n) is 15.8. The summed E-state index contributed by atoms with van der Waals surface area (Å²) in [6.45, 7) is 4.01. The first-order valence-electron chi connectivity index (χ1n) is 9.39. The molecule has 4 rings (SSSR count). The minimum Gasteiger partial charge on any atom is -0.335 e. The van der Waals surface area contributed by atoms with E-state index in [4.69, 9.17) is 0 Å². The van der Waals surface area contributed by atoms with Gasteiger partial charge in [0.25, 0.3) is 11.8 Å². The molecule has 2 amide bonds. The Labute approximate surface area is 164 Å². The summed E-state index contributed by atoms with van der Waals surface area (Å²) in [6.07, 6.45) is 1.63. The van der Waals surface area contributed by atoms with Crippen LogP contribution < -0.4 is 0 Å². The van der Waals surface area contributed by atoms with Crippen molar-refractivity contribution in [1.29, 1.82) is 0 Å². The molecular weight excluding hydrogens is 352 g/mol. The summed E-state index contributed by atoms with van der Waals surface area (Å²) in [7, 11) is 0. The number of hydrogen-bond donors (Lipinski definition) is 0. The maximum Gasteiger partial charge on any atom is 0.257 e. The van der Waals surface area contributed by atoms with Gasteiger partial charge in [0, 0.05) is 31.7 Å². The largest absolute Gasteiger partial charge is 0.335 e. The van der Waals surface area contributed by atoms with Crippen LogP contribution in [-0.4, -0.2) is 57.6 Å². The maximum atomic E-state index is 13.0. The Morgan fingerprint density at radius 1 is 0.786 bits per heavy atom. The summed E-state index contributed by atoms with van der Waals surface area (Å²) < 4.78 is 1.78. The van der Waals surface area contributed by atoms with E-state index in [-0.39, 0.29) is 11.8 Å². The number of benzene rings is 2. The second-order valence-corrected chi connectivity index (χ2v) is 6.84. The van der Waals surface area contributed by atoms with Gasteiger partial charge in [-0.25, -0.2) is 4.68 Å². The zero-order chi connectivity index (χ0) is 19.5. The number of piperazine rings is 1. The average molecular weight is 374 g/mol. The standard InChI is InChI=1S/C22H22N4O2/c1-17-20(16-23-26(17)19-10-6-3-7-11-19)22(28)25-14-12-24(13-15-25)21(27)18-8-4-2-5-9-18/h2-11,16H,12-15H2,1H3. The molecule has 0 bridgehead atoms. The van der Waals surface area contributed by atoms with E-state index in [0.717, 1.165) is 11.4 Å². The number of nitrogens with zero attached hydrogens (tertiary/aromatic N) is 4. The number of amides is 2. The number of hydrogen-bond acceptors (Lipinski definition) is 3. The van der Waals surface area contributed by atoms with Crippen molar-refractivity contribution in [2.45, 2.75) is 6.92 Å². The van der Waals surface area contributed by atoms with Crippen LogP contribution in [0.15, 0.2) is 66.9 Å². The lowest BCUT2D eigenvalue weighted by Crippen LogP contribution is -2.50. The summed E-state index contributed by atoms with van der Waals surface area (Å²) in [5.74, 6) is -0.0210. The highest BCUT2D eigenvalue weighted by molar-refractivity contribution is 5.96. The fourth-order valence-electron chi connectivity index (χ4n) is 3.50. The van der Waals surface area contributed by atoms with Gasteiger partial charge in [-0.15, -0.1) is 0 Å². The summed E-state index contributed by atoms with van der Waals surface area (Å²) in [6, 6.07) is 19.0. The summed E-state index contributed by atoms with van der Waals surface area (Å²) >= 11 is 0. The van der Waals surface area contributed by atoms with Gasteiger partial charge in [-0.05, 0) is 31.2 Å². The molecule has 1 aromatic heterocycles. The van der Waals surface area contributed by atoms with Gasteiger partial charge in [0.05, 0.1) is 23.1 Å². The van der Waals surface area contributed by atoms with Crippen LogP contribution in [0, 0.1) is 6.92 Å². The predicted octanol–water partition coefficient (Wildman–Crippen LogP) is 2.78. The monoisotopic (exact) mass is 374 g/mol. The SMILES string of the molecule is Cc1c(C(=O)N2CCN(C(=O)c3ccccc3)CC2)cnn1-c1ccccc1. The van der Waals surface area contributed by atoms with E-state index in [1.807, 2.05) is 67.6 Å². The van der Waals surface area contributed by atoms with Gasteiger partial charge >= 0.3 is 0 Å². The van der Waals surface area contributed by atoms with Crippen LogP contribution in [0.3, 0.4) is 0 Å². The first-order valence-corrected chi connectivity index (χ1v) is 9.39. The fraction of sp³-hybridized carbons (Fsp3) is 0.227. The van der Waals surface area contributed by atoms with Crippen molar-refractivity contribution in [3.05, 3.63) is 83.7 Å². The maximum absolute atomic E-state index is 13.0. The molecule has 0 aliphatic carbocycles. The van der Waals surface area contributed by atoms with Crippen molar-refractivity contribution in [1.82, 2.24) is 19.6 Å². The number of carbonyl (C=O) groups is 2. The van der Waals surface area contributed by atoms with E-state index >= 15 is 0 Å². The van der Waals surface area contributed by atoms with E-state index in [2.05, 4.69) is 5.10 Å². The van der Waals surface area contributed by atoms with Crippen LogP contribution in [0.5, 0.6) is 0 Å². The molecule has 142 valence electrons. The minimum absolute atomic E-state index is 0.0146. The molecule has 1 fully saturated rings. The molecular formula is C22H22N4O2.